The van der Waals surface area contributed by atoms with Crippen LogP contribution in [-0.2, 0) is 16.6 Å². The topological polar surface area (TPSA) is 76.5 Å². The van der Waals surface area contributed by atoms with Crippen LogP contribution in [0.15, 0.2) is 12.4 Å². The Kier molecular flexibility index (Phi) is 4.92. The van der Waals surface area contributed by atoms with Crippen LogP contribution in [0.1, 0.15) is 52.6 Å². The third kappa shape index (κ3) is 4.27. The molecule has 1 aliphatic rings. The van der Waals surface area contributed by atoms with Crippen LogP contribution in [0, 0.1) is 5.41 Å². The van der Waals surface area contributed by atoms with Gasteiger partial charge in [0.15, 0.2) is 0 Å². The second-order valence-electron chi connectivity index (χ2n) is 8.04. The Bertz CT molecular complexity index is 616. The molecule has 1 fully saturated rings. The maximum absolute atomic E-state index is 12.5. The number of carbonyl (C=O) groups is 2. The number of nitrogens with zero attached hydrogens (tertiary/aromatic N) is 3. The second kappa shape index (κ2) is 6.45. The molecule has 0 unspecified atom stereocenters. The number of alkyl carbamates (subject to hydrolysis) is 1. The van der Waals surface area contributed by atoms with Crippen LogP contribution in [0.2, 0.25) is 0 Å². The molecule has 2 heterocycles. The summed E-state index contributed by atoms with van der Waals surface area (Å²) in [6.07, 6.45) is 3.52. The van der Waals surface area contributed by atoms with Crippen molar-refractivity contribution in [3.8, 4) is 0 Å². The zero-order chi connectivity index (χ0) is 18.1. The van der Waals surface area contributed by atoms with Gasteiger partial charge in [0, 0.05) is 43.7 Å². The Hall–Kier alpha value is -2.05. The van der Waals surface area contributed by atoms with Gasteiger partial charge in [-0.25, -0.2) is 4.79 Å². The van der Waals surface area contributed by atoms with Crippen molar-refractivity contribution in [2.24, 2.45) is 12.5 Å². The van der Waals surface area contributed by atoms with Crippen molar-refractivity contribution in [1.29, 1.82) is 0 Å². The molecule has 1 N–H and O–H groups in total. The van der Waals surface area contributed by atoms with Crippen molar-refractivity contribution in [2.45, 2.75) is 52.7 Å². The van der Waals surface area contributed by atoms with Gasteiger partial charge < -0.3 is 15.0 Å². The first kappa shape index (κ1) is 18.3. The first-order valence-corrected chi connectivity index (χ1v) is 8.24. The molecule has 2 amide bonds. The van der Waals surface area contributed by atoms with Crippen molar-refractivity contribution in [2.75, 3.05) is 13.1 Å². The number of aromatic nitrogens is 2. The minimum atomic E-state index is -0.541. The van der Waals surface area contributed by atoms with E-state index in [4.69, 9.17) is 4.74 Å². The van der Waals surface area contributed by atoms with Crippen molar-refractivity contribution in [1.82, 2.24) is 20.0 Å². The fraction of sp³-hybridized carbons (Fsp3) is 0.706. The van der Waals surface area contributed by atoms with E-state index < -0.39 is 11.7 Å². The molecule has 0 spiro atoms. The lowest BCUT2D eigenvalue weighted by Gasteiger charge is -2.54. The van der Waals surface area contributed by atoms with E-state index >= 15 is 0 Å². The van der Waals surface area contributed by atoms with E-state index in [2.05, 4.69) is 24.3 Å². The molecule has 7 heteroatoms. The number of ether oxygens (including phenoxy) is 1. The Morgan fingerprint density at radius 1 is 1.42 bits per heavy atom. The molecule has 1 aromatic rings. The highest BCUT2D eigenvalue weighted by molar-refractivity contribution is 5.79. The summed E-state index contributed by atoms with van der Waals surface area (Å²) in [5.74, 6) is 0.0271. The van der Waals surface area contributed by atoms with Crippen LogP contribution >= 0.6 is 0 Å². The number of likely N-dealkylation sites (tertiary alicyclic amines) is 1. The number of hydrogen-bond donors (Lipinski definition) is 1. The quantitative estimate of drug-likeness (QED) is 0.915. The normalized spacial score (nSPS) is 19.6. The van der Waals surface area contributed by atoms with E-state index in [-0.39, 0.29) is 30.3 Å². The van der Waals surface area contributed by atoms with Gasteiger partial charge in [0.1, 0.15) is 5.60 Å². The summed E-state index contributed by atoms with van der Waals surface area (Å²) in [4.78, 5) is 25.9. The maximum Gasteiger partial charge on any atom is 0.407 e. The predicted octanol–water partition coefficient (Wildman–Crippen LogP) is 2.24. The number of nitrogens with one attached hydrogen (secondary N) is 1. The summed E-state index contributed by atoms with van der Waals surface area (Å²) in [6, 6.07) is 0.0280. The van der Waals surface area contributed by atoms with Crippen LogP contribution < -0.4 is 5.32 Å². The Labute approximate surface area is 143 Å². The highest BCUT2D eigenvalue weighted by atomic mass is 16.6. The van der Waals surface area contributed by atoms with Crippen LogP contribution in [0.4, 0.5) is 4.79 Å². The Morgan fingerprint density at radius 2 is 2.08 bits per heavy atom. The third-order valence-electron chi connectivity index (χ3n) is 4.00. The largest absolute Gasteiger partial charge is 0.444 e. The molecule has 1 saturated heterocycles. The van der Waals surface area contributed by atoms with Crippen LogP contribution in [0.5, 0.6) is 0 Å². The van der Waals surface area contributed by atoms with Gasteiger partial charge in [-0.2, -0.15) is 5.10 Å². The molecule has 0 bridgehead atoms. The van der Waals surface area contributed by atoms with E-state index in [0.717, 1.165) is 5.56 Å². The average molecular weight is 336 g/mol. The molecule has 0 aliphatic carbocycles. The van der Waals surface area contributed by atoms with Crippen molar-refractivity contribution in [3.63, 3.8) is 0 Å². The smallest absolute Gasteiger partial charge is 0.407 e. The second-order valence-corrected chi connectivity index (χ2v) is 8.04. The van der Waals surface area contributed by atoms with Gasteiger partial charge in [-0.1, -0.05) is 13.8 Å². The molecule has 1 aliphatic heterocycles. The minimum absolute atomic E-state index is 0.0251. The number of aryl methyl sites for hydroxylation is 1. The summed E-state index contributed by atoms with van der Waals surface area (Å²) < 4.78 is 6.91. The maximum atomic E-state index is 12.5. The van der Waals surface area contributed by atoms with Crippen LogP contribution in [0.25, 0.3) is 0 Å². The number of rotatable bonds is 4. The predicted molar refractivity (Wildman–Crippen MR) is 90.3 cm³/mol. The molecule has 0 radical (unpaired) electrons. The van der Waals surface area contributed by atoms with E-state index in [9.17, 15) is 9.59 Å². The highest BCUT2D eigenvalue weighted by Crippen LogP contribution is 2.48. The summed E-state index contributed by atoms with van der Waals surface area (Å²) in [6.45, 7) is 10.7. The van der Waals surface area contributed by atoms with Crippen LogP contribution in [-0.4, -0.2) is 45.4 Å². The average Bonchev–Trinajstić information content (AvgIpc) is 2.79. The van der Waals surface area contributed by atoms with Gasteiger partial charge in [-0.15, -0.1) is 0 Å². The lowest BCUT2D eigenvalue weighted by atomic mass is 9.72. The molecule has 0 aromatic carbocycles. The van der Waals surface area contributed by atoms with E-state index in [1.54, 1.807) is 25.5 Å². The molecule has 2 rings (SSSR count). The minimum Gasteiger partial charge on any atom is -0.444 e. The SMILES string of the molecule is Cn1cc([C@H]2N(C(=O)CCNC(=O)OC(C)(C)C)CC2(C)C)cn1. The van der Waals surface area contributed by atoms with Gasteiger partial charge >= 0.3 is 6.09 Å². The van der Waals surface area contributed by atoms with Gasteiger partial charge in [0.25, 0.3) is 0 Å². The molecule has 1 aromatic heterocycles. The van der Waals surface area contributed by atoms with E-state index in [1.807, 2.05) is 24.3 Å². The van der Waals surface area contributed by atoms with Crippen molar-refractivity contribution in [3.05, 3.63) is 18.0 Å². The molecular weight excluding hydrogens is 308 g/mol. The Morgan fingerprint density at radius 3 is 2.58 bits per heavy atom. The lowest BCUT2D eigenvalue weighted by molar-refractivity contribution is -0.152. The zero-order valence-electron chi connectivity index (χ0n) is 15.4. The van der Waals surface area contributed by atoms with Crippen molar-refractivity contribution >= 4 is 12.0 Å². The first-order chi connectivity index (χ1) is 11.0. The highest BCUT2D eigenvalue weighted by Gasteiger charge is 2.48. The molecule has 134 valence electrons. The van der Waals surface area contributed by atoms with Crippen LogP contribution in [0.3, 0.4) is 0 Å². The molecular formula is C17H28N4O3. The molecule has 24 heavy (non-hydrogen) atoms. The zero-order valence-corrected chi connectivity index (χ0v) is 15.4. The summed E-state index contributed by atoms with van der Waals surface area (Å²) >= 11 is 0. The number of hydrogen-bond acceptors (Lipinski definition) is 4. The summed E-state index contributed by atoms with van der Waals surface area (Å²) in [5.41, 5.74) is 0.528. The van der Waals surface area contributed by atoms with Gasteiger partial charge in [0.2, 0.25) is 5.91 Å². The summed E-state index contributed by atoms with van der Waals surface area (Å²) in [5, 5.41) is 6.83. The van der Waals surface area contributed by atoms with E-state index in [0.29, 0.717) is 6.54 Å². The fourth-order valence-corrected chi connectivity index (χ4v) is 3.10. The Balaban J connectivity index is 1.87. The third-order valence-corrected chi connectivity index (χ3v) is 4.00. The number of carbonyl (C=O) groups excluding carboxylic acids is 2. The fourth-order valence-electron chi connectivity index (χ4n) is 3.10. The molecule has 1 atom stereocenters. The van der Waals surface area contributed by atoms with Crippen molar-refractivity contribution < 1.29 is 14.3 Å². The van der Waals surface area contributed by atoms with Gasteiger partial charge in [-0.3, -0.25) is 9.48 Å². The molecule has 0 saturated carbocycles. The monoisotopic (exact) mass is 336 g/mol. The van der Waals surface area contributed by atoms with Gasteiger partial charge in [-0.05, 0) is 20.8 Å². The lowest BCUT2D eigenvalue weighted by Crippen LogP contribution is -2.58. The first-order valence-electron chi connectivity index (χ1n) is 8.24. The van der Waals surface area contributed by atoms with E-state index in [1.165, 1.54) is 0 Å². The molecule has 7 nitrogen and oxygen atoms in total. The number of amides is 2. The van der Waals surface area contributed by atoms with Gasteiger partial charge in [0.05, 0.1) is 12.2 Å². The standard InChI is InChI=1S/C17H28N4O3/c1-16(2,3)24-15(23)18-8-7-13(22)21-11-17(4,5)14(21)12-9-19-20(6)10-12/h9-10,14H,7-8,11H2,1-6H3,(H,18,23)/t14-/m1/s1. The summed E-state index contributed by atoms with van der Waals surface area (Å²) in [7, 11) is 1.87.